The second-order valence-electron chi connectivity index (χ2n) is 8.77. The number of aliphatic hydroxyl groups excluding tert-OH is 1. The van der Waals surface area contributed by atoms with Gasteiger partial charge in [-0.1, -0.05) is 42.5 Å². The Morgan fingerprint density at radius 2 is 1.71 bits per heavy atom. The van der Waals surface area contributed by atoms with Gasteiger partial charge in [0.1, 0.15) is 17.6 Å². The number of carboxylic acid groups (broad SMARTS) is 1. The van der Waals surface area contributed by atoms with Gasteiger partial charge in [-0.2, -0.15) is 0 Å². The fraction of sp³-hybridized carbons (Fsp3) is 0.179. The van der Waals surface area contributed by atoms with Gasteiger partial charge in [0.2, 0.25) is 0 Å². The number of benzene rings is 3. The van der Waals surface area contributed by atoms with E-state index >= 15 is 0 Å². The number of Topliss-reactive ketones (excluding diaryl/α,β-unsaturated/α-hetero) is 1. The summed E-state index contributed by atoms with van der Waals surface area (Å²) in [6, 6.07) is 19.9. The van der Waals surface area contributed by atoms with Crippen LogP contribution in [0.4, 0.5) is 5.69 Å². The van der Waals surface area contributed by atoms with E-state index in [1.54, 1.807) is 66.7 Å². The molecule has 1 saturated heterocycles. The summed E-state index contributed by atoms with van der Waals surface area (Å²) in [6.45, 7) is 1.96. The lowest BCUT2D eigenvalue weighted by Gasteiger charge is -2.25. The van der Waals surface area contributed by atoms with Crippen molar-refractivity contribution in [2.45, 2.75) is 31.9 Å². The third-order valence-electron chi connectivity index (χ3n) is 6.30. The minimum Gasteiger partial charge on any atom is -0.507 e. The van der Waals surface area contributed by atoms with Crippen LogP contribution in [0.5, 0.6) is 5.75 Å². The van der Waals surface area contributed by atoms with Gasteiger partial charge in [-0.25, -0.2) is 0 Å². The SMILES string of the molecule is CC1Cc2cc(/C(O)=C3/C(=O)C(=O)N(c4ccc(CC(=O)O)cc4)C3c3ccccc3)ccc2O1. The number of amides is 1. The summed E-state index contributed by atoms with van der Waals surface area (Å²) in [4.78, 5) is 38.9. The molecule has 7 heteroatoms. The predicted octanol–water partition coefficient (Wildman–Crippen LogP) is 4.26. The Morgan fingerprint density at radius 1 is 1.00 bits per heavy atom. The van der Waals surface area contributed by atoms with Crippen LogP contribution in [0.15, 0.2) is 78.4 Å². The Bertz CT molecular complexity index is 1360. The highest BCUT2D eigenvalue weighted by molar-refractivity contribution is 6.51. The molecule has 2 atom stereocenters. The third-order valence-corrected chi connectivity index (χ3v) is 6.30. The van der Waals surface area contributed by atoms with Crippen molar-refractivity contribution < 1.29 is 29.3 Å². The molecule has 2 N–H and O–H groups in total. The van der Waals surface area contributed by atoms with Crippen LogP contribution in [0, 0.1) is 0 Å². The lowest BCUT2D eigenvalue weighted by molar-refractivity contribution is -0.136. The molecule has 1 fully saturated rings. The van der Waals surface area contributed by atoms with Crippen molar-refractivity contribution in [3.05, 3.63) is 101 Å². The molecule has 2 aliphatic heterocycles. The second kappa shape index (κ2) is 8.76. The number of carboxylic acids is 1. The van der Waals surface area contributed by atoms with E-state index in [4.69, 9.17) is 9.84 Å². The zero-order valence-corrected chi connectivity index (χ0v) is 19.0. The van der Waals surface area contributed by atoms with E-state index in [0.717, 1.165) is 11.3 Å². The molecule has 2 aliphatic rings. The zero-order chi connectivity index (χ0) is 24.7. The van der Waals surface area contributed by atoms with Crippen molar-refractivity contribution in [3.63, 3.8) is 0 Å². The largest absolute Gasteiger partial charge is 0.507 e. The van der Waals surface area contributed by atoms with Crippen molar-refractivity contribution in [2.24, 2.45) is 0 Å². The monoisotopic (exact) mass is 469 g/mol. The van der Waals surface area contributed by atoms with Crippen LogP contribution in [-0.4, -0.2) is 34.0 Å². The molecule has 5 rings (SSSR count). The zero-order valence-electron chi connectivity index (χ0n) is 19.0. The standard InChI is InChI=1S/C28H23NO6/c1-16-13-20-15-19(9-12-22(20)35-16)26(32)24-25(18-5-3-2-4-6-18)29(28(34)27(24)33)21-10-7-17(8-11-21)14-23(30)31/h2-12,15-16,25,32H,13-14H2,1H3,(H,30,31)/b26-24-. The molecule has 2 unspecified atom stereocenters. The summed E-state index contributed by atoms with van der Waals surface area (Å²) < 4.78 is 5.74. The fourth-order valence-electron chi connectivity index (χ4n) is 4.72. The number of anilines is 1. The van der Waals surface area contributed by atoms with Gasteiger partial charge in [0.05, 0.1) is 18.0 Å². The van der Waals surface area contributed by atoms with E-state index in [2.05, 4.69) is 0 Å². The minimum atomic E-state index is -0.961. The number of carbonyl (C=O) groups excluding carboxylic acids is 2. The highest BCUT2D eigenvalue weighted by Crippen LogP contribution is 2.42. The summed E-state index contributed by atoms with van der Waals surface area (Å²) in [6.07, 6.45) is 0.568. The smallest absolute Gasteiger partial charge is 0.307 e. The molecule has 0 aliphatic carbocycles. The molecule has 176 valence electrons. The van der Waals surface area contributed by atoms with Gasteiger partial charge < -0.3 is 14.9 Å². The van der Waals surface area contributed by atoms with E-state index in [1.807, 2.05) is 13.0 Å². The Hall–Kier alpha value is -4.39. The Kier molecular flexibility index (Phi) is 5.61. The van der Waals surface area contributed by atoms with Crippen LogP contribution >= 0.6 is 0 Å². The molecule has 0 spiro atoms. The average Bonchev–Trinajstić information content (AvgIpc) is 3.35. The number of nitrogens with zero attached hydrogens (tertiary/aromatic N) is 1. The maximum absolute atomic E-state index is 13.3. The van der Waals surface area contributed by atoms with Gasteiger partial charge in [0.15, 0.2) is 0 Å². The Labute approximate surface area is 201 Å². The minimum absolute atomic E-state index is 0.00252. The first-order valence-corrected chi connectivity index (χ1v) is 11.3. The van der Waals surface area contributed by atoms with Crippen LogP contribution in [0.2, 0.25) is 0 Å². The number of ketones is 1. The van der Waals surface area contributed by atoms with E-state index in [1.165, 1.54) is 4.90 Å². The summed E-state index contributed by atoms with van der Waals surface area (Å²) in [5.74, 6) is -2.00. The van der Waals surface area contributed by atoms with E-state index in [-0.39, 0.29) is 23.9 Å². The summed E-state index contributed by atoms with van der Waals surface area (Å²) in [7, 11) is 0. The van der Waals surface area contributed by atoms with Gasteiger partial charge >= 0.3 is 5.97 Å². The van der Waals surface area contributed by atoms with Crippen LogP contribution in [0.25, 0.3) is 5.76 Å². The predicted molar refractivity (Wildman–Crippen MR) is 129 cm³/mol. The quantitative estimate of drug-likeness (QED) is 0.329. The highest BCUT2D eigenvalue weighted by atomic mass is 16.5. The molecular formula is C28H23NO6. The fourth-order valence-corrected chi connectivity index (χ4v) is 4.72. The van der Waals surface area contributed by atoms with Gasteiger partial charge in [-0.05, 0) is 53.9 Å². The Morgan fingerprint density at radius 3 is 2.40 bits per heavy atom. The maximum atomic E-state index is 13.3. The number of ether oxygens (including phenoxy) is 1. The number of fused-ring (bicyclic) bond motifs is 1. The summed E-state index contributed by atoms with van der Waals surface area (Å²) >= 11 is 0. The second-order valence-corrected chi connectivity index (χ2v) is 8.77. The molecule has 0 bridgehead atoms. The number of aliphatic hydroxyl groups is 1. The number of rotatable bonds is 5. The molecule has 2 heterocycles. The first-order chi connectivity index (χ1) is 16.8. The van der Waals surface area contributed by atoms with Crippen molar-refractivity contribution in [1.82, 2.24) is 0 Å². The number of hydrogen-bond donors (Lipinski definition) is 2. The molecule has 0 aromatic heterocycles. The van der Waals surface area contributed by atoms with Crippen LogP contribution in [0.3, 0.4) is 0 Å². The van der Waals surface area contributed by atoms with Crippen molar-refractivity contribution in [1.29, 1.82) is 0 Å². The molecule has 1 amide bonds. The highest BCUT2D eigenvalue weighted by Gasteiger charge is 2.47. The number of aliphatic carboxylic acids is 1. The number of carbonyl (C=O) groups is 3. The van der Waals surface area contributed by atoms with Gasteiger partial charge in [-0.3, -0.25) is 19.3 Å². The van der Waals surface area contributed by atoms with Crippen molar-refractivity contribution >= 4 is 29.1 Å². The first-order valence-electron chi connectivity index (χ1n) is 11.3. The van der Waals surface area contributed by atoms with E-state index in [0.29, 0.717) is 28.8 Å². The van der Waals surface area contributed by atoms with Crippen LogP contribution in [-0.2, 0) is 27.2 Å². The molecule has 35 heavy (non-hydrogen) atoms. The van der Waals surface area contributed by atoms with Crippen LogP contribution < -0.4 is 9.64 Å². The summed E-state index contributed by atoms with van der Waals surface area (Å²) in [5, 5.41) is 20.4. The molecule has 3 aromatic carbocycles. The summed E-state index contributed by atoms with van der Waals surface area (Å²) in [5.41, 5.74) is 3.05. The molecule has 3 aromatic rings. The van der Waals surface area contributed by atoms with Gasteiger partial charge in [-0.15, -0.1) is 0 Å². The normalized spacial score (nSPS) is 20.5. The van der Waals surface area contributed by atoms with E-state index < -0.39 is 23.7 Å². The lowest BCUT2D eigenvalue weighted by atomic mass is 9.94. The van der Waals surface area contributed by atoms with Crippen LogP contribution in [0.1, 0.15) is 35.2 Å². The number of hydrogen-bond acceptors (Lipinski definition) is 5. The average molecular weight is 469 g/mol. The van der Waals surface area contributed by atoms with Crippen molar-refractivity contribution in [2.75, 3.05) is 4.90 Å². The molecule has 7 nitrogen and oxygen atoms in total. The molecule has 0 saturated carbocycles. The Balaban J connectivity index is 1.62. The third kappa shape index (κ3) is 4.05. The van der Waals surface area contributed by atoms with E-state index in [9.17, 15) is 19.5 Å². The van der Waals surface area contributed by atoms with Crippen molar-refractivity contribution in [3.8, 4) is 5.75 Å². The topological polar surface area (TPSA) is 104 Å². The van der Waals surface area contributed by atoms with Gasteiger partial charge in [0.25, 0.3) is 11.7 Å². The molecule has 0 radical (unpaired) electrons. The van der Waals surface area contributed by atoms with Gasteiger partial charge in [0, 0.05) is 17.7 Å². The first kappa shape index (κ1) is 22.4. The lowest BCUT2D eigenvalue weighted by Crippen LogP contribution is -2.29. The molecular weight excluding hydrogens is 446 g/mol. The maximum Gasteiger partial charge on any atom is 0.307 e.